The predicted molar refractivity (Wildman–Crippen MR) is 103 cm³/mol. The van der Waals surface area contributed by atoms with Crippen molar-refractivity contribution in [2.75, 3.05) is 13.2 Å². The molecule has 0 N–H and O–H groups in total. The van der Waals surface area contributed by atoms with Crippen LogP contribution < -0.4 is 4.52 Å². The second-order valence-electron chi connectivity index (χ2n) is 5.53. The molecular formula is C12H17Cl3N3O3P3. The first-order valence-corrected chi connectivity index (χ1v) is 14.7. The summed E-state index contributed by atoms with van der Waals surface area (Å²) in [5.74, 6) is -2.45. The van der Waals surface area contributed by atoms with Crippen LogP contribution in [-0.4, -0.2) is 13.2 Å². The molecule has 1 unspecified atom stereocenters. The maximum atomic E-state index is 6.62. The zero-order valence-corrected chi connectivity index (χ0v) is 18.3. The van der Waals surface area contributed by atoms with Gasteiger partial charge in [0.2, 0.25) is 0 Å². The molecule has 2 aliphatic rings. The standard InChI is InChI=1S/C12H17Cl3N3O3P3/c1-9-7-10(2)12(11(3)8-9)21-23(15)16-22(13,14)17-24(18-23)19-5-4-6-20-24/h7-8H,4-6H2,1-3H3. The molecule has 134 valence electrons. The first-order valence-electron chi connectivity index (χ1n) is 7.19. The van der Waals surface area contributed by atoms with Gasteiger partial charge >= 0.3 is 14.4 Å². The highest BCUT2D eigenvalue weighted by molar-refractivity contribution is 8.15. The third-order valence-corrected chi connectivity index (χ3v) is 13.9. The lowest BCUT2D eigenvalue weighted by Crippen LogP contribution is -2.07. The summed E-state index contributed by atoms with van der Waals surface area (Å²) in [4.78, 5) is 0. The zero-order chi connectivity index (χ0) is 17.6. The molecular weight excluding hydrogens is 433 g/mol. The van der Waals surface area contributed by atoms with Crippen molar-refractivity contribution in [3.05, 3.63) is 28.8 Å². The molecule has 0 amide bonds. The van der Waals surface area contributed by atoms with Crippen molar-refractivity contribution in [3.8, 4) is 5.75 Å². The Morgan fingerprint density at radius 1 is 0.958 bits per heavy atom. The fraction of sp³-hybridized carbons (Fsp3) is 0.500. The van der Waals surface area contributed by atoms with Crippen LogP contribution in [-0.2, 0) is 9.05 Å². The van der Waals surface area contributed by atoms with Gasteiger partial charge in [0, 0.05) is 0 Å². The topological polar surface area (TPSA) is 64.8 Å². The predicted octanol–water partition coefficient (Wildman–Crippen LogP) is 8.00. The number of nitrogens with zero attached hydrogens (tertiary/aromatic N) is 3. The minimum Gasteiger partial charge on any atom is -0.430 e. The summed E-state index contributed by atoms with van der Waals surface area (Å²) in [7, 11) is -2.97. The Labute approximate surface area is 156 Å². The van der Waals surface area contributed by atoms with Gasteiger partial charge in [-0.2, -0.15) is 9.03 Å². The Hall–Kier alpha value is 0.500. The van der Waals surface area contributed by atoms with Crippen molar-refractivity contribution < 1.29 is 13.6 Å². The molecule has 0 radical (unpaired) electrons. The second kappa shape index (κ2) is 6.91. The van der Waals surface area contributed by atoms with E-state index in [0.717, 1.165) is 23.1 Å². The molecule has 1 aromatic rings. The number of halogens is 3. The monoisotopic (exact) mass is 449 g/mol. The Kier molecular flexibility index (Phi) is 5.55. The molecule has 1 aromatic carbocycles. The van der Waals surface area contributed by atoms with Crippen LogP contribution in [0.3, 0.4) is 0 Å². The molecule has 1 spiro atoms. The van der Waals surface area contributed by atoms with Gasteiger partial charge in [0.05, 0.1) is 13.2 Å². The van der Waals surface area contributed by atoms with E-state index >= 15 is 0 Å². The van der Waals surface area contributed by atoms with Gasteiger partial charge in [0.25, 0.3) is 5.91 Å². The van der Waals surface area contributed by atoms with Crippen LogP contribution >= 0.6 is 54.1 Å². The van der Waals surface area contributed by atoms with Crippen molar-refractivity contribution in [2.24, 2.45) is 13.5 Å². The van der Waals surface area contributed by atoms with E-state index in [0.29, 0.717) is 19.0 Å². The molecule has 0 aliphatic carbocycles. The molecule has 24 heavy (non-hydrogen) atoms. The number of aryl methyl sites for hydroxylation is 3. The molecule has 1 fully saturated rings. The average Bonchev–Trinajstić information content (AvgIpc) is 2.41. The molecule has 2 aliphatic heterocycles. The van der Waals surface area contributed by atoms with E-state index in [1.807, 2.05) is 32.9 Å². The van der Waals surface area contributed by atoms with Gasteiger partial charge in [-0.1, -0.05) is 17.7 Å². The highest BCUT2D eigenvalue weighted by Crippen LogP contribution is 2.84. The van der Waals surface area contributed by atoms with Gasteiger partial charge in [-0.25, -0.2) is 0 Å². The molecule has 6 nitrogen and oxygen atoms in total. The lowest BCUT2D eigenvalue weighted by atomic mass is 10.1. The fourth-order valence-electron chi connectivity index (χ4n) is 2.49. The van der Waals surface area contributed by atoms with Crippen molar-refractivity contribution in [1.29, 1.82) is 0 Å². The van der Waals surface area contributed by atoms with Crippen LogP contribution in [0, 0.1) is 20.8 Å². The van der Waals surface area contributed by atoms with Gasteiger partial charge < -0.3 is 13.6 Å². The second-order valence-corrected chi connectivity index (χ2v) is 15.9. The highest BCUT2D eigenvalue weighted by atomic mass is 35.9. The van der Waals surface area contributed by atoms with Crippen LogP contribution in [0.2, 0.25) is 0 Å². The smallest absolute Gasteiger partial charge is 0.352 e. The third-order valence-electron chi connectivity index (χ3n) is 3.28. The minimum atomic E-state index is -3.20. The van der Waals surface area contributed by atoms with E-state index in [1.165, 1.54) is 0 Å². The Morgan fingerprint density at radius 2 is 1.54 bits per heavy atom. The quantitative estimate of drug-likeness (QED) is 0.429. The van der Waals surface area contributed by atoms with E-state index < -0.39 is 20.4 Å². The van der Waals surface area contributed by atoms with Crippen molar-refractivity contribution >= 4 is 54.1 Å². The molecule has 3 rings (SSSR count). The highest BCUT2D eigenvalue weighted by Gasteiger charge is 2.40. The number of hydrogen-bond donors (Lipinski definition) is 0. The third kappa shape index (κ3) is 4.24. The molecule has 1 atom stereocenters. The molecule has 0 bridgehead atoms. The molecule has 0 aromatic heterocycles. The molecule has 0 saturated carbocycles. The number of rotatable bonds is 2. The lowest BCUT2D eigenvalue weighted by molar-refractivity contribution is 0.174. The summed E-state index contributed by atoms with van der Waals surface area (Å²) in [5, 5.41) is 0. The molecule has 2 heterocycles. The largest absolute Gasteiger partial charge is 0.430 e. The van der Waals surface area contributed by atoms with Crippen molar-refractivity contribution in [2.45, 2.75) is 27.2 Å². The maximum absolute atomic E-state index is 6.62. The van der Waals surface area contributed by atoms with Crippen LogP contribution in [0.25, 0.3) is 0 Å². The Bertz CT molecular complexity index is 819. The summed E-state index contributed by atoms with van der Waals surface area (Å²) in [6.45, 7) is 3.63. The summed E-state index contributed by atoms with van der Waals surface area (Å²) >= 11 is 19.2. The van der Waals surface area contributed by atoms with E-state index in [2.05, 4.69) is 13.5 Å². The average molecular weight is 451 g/mol. The minimum absolute atomic E-state index is 0.466. The van der Waals surface area contributed by atoms with Crippen molar-refractivity contribution in [1.82, 2.24) is 0 Å². The van der Waals surface area contributed by atoms with Gasteiger partial charge in [-0.05, 0) is 72.0 Å². The SMILES string of the molecule is Cc1cc(C)c(OP2(Cl)=NP(Cl)(Cl)=NP3(=N2)OCCCO3)c(C)c1. The first kappa shape index (κ1) is 19.3. The summed E-state index contributed by atoms with van der Waals surface area (Å²) in [6, 6.07) is 4.00. The van der Waals surface area contributed by atoms with Gasteiger partial charge in [-0.15, -0.1) is 4.52 Å². The van der Waals surface area contributed by atoms with Crippen LogP contribution in [0.15, 0.2) is 25.7 Å². The van der Waals surface area contributed by atoms with Gasteiger partial charge in [0.1, 0.15) is 5.75 Å². The van der Waals surface area contributed by atoms with E-state index in [9.17, 15) is 0 Å². The normalized spacial score (nSPS) is 27.8. The number of hydrogen-bond acceptors (Lipinski definition) is 6. The molecule has 1 saturated heterocycles. The van der Waals surface area contributed by atoms with Crippen molar-refractivity contribution in [3.63, 3.8) is 0 Å². The van der Waals surface area contributed by atoms with Crippen LogP contribution in [0.4, 0.5) is 0 Å². The molecule has 12 heteroatoms. The Morgan fingerprint density at radius 3 is 2.12 bits per heavy atom. The maximum Gasteiger partial charge on any atom is 0.352 e. The lowest BCUT2D eigenvalue weighted by Gasteiger charge is -2.30. The van der Waals surface area contributed by atoms with Crippen LogP contribution in [0.1, 0.15) is 23.1 Å². The zero-order valence-electron chi connectivity index (χ0n) is 13.3. The van der Waals surface area contributed by atoms with Gasteiger partial charge in [0.15, 0.2) is 0 Å². The first-order chi connectivity index (χ1) is 11.1. The van der Waals surface area contributed by atoms with Gasteiger partial charge in [-0.3, -0.25) is 0 Å². The van der Waals surface area contributed by atoms with E-state index in [1.54, 1.807) is 0 Å². The Balaban J connectivity index is 2.10. The summed E-state index contributed by atoms with van der Waals surface area (Å²) < 4.78 is 30.3. The van der Waals surface area contributed by atoms with E-state index in [4.69, 9.17) is 47.3 Å². The summed E-state index contributed by atoms with van der Waals surface area (Å²) in [5.41, 5.74) is 3.00. The summed E-state index contributed by atoms with van der Waals surface area (Å²) in [6.07, 6.45) is 0.755. The number of benzene rings is 1. The van der Waals surface area contributed by atoms with E-state index in [-0.39, 0.29) is 0 Å². The fourth-order valence-corrected chi connectivity index (χ4v) is 15.3. The van der Waals surface area contributed by atoms with Crippen LogP contribution in [0.5, 0.6) is 5.75 Å².